The Morgan fingerprint density at radius 2 is 2.45 bits per heavy atom. The lowest BCUT2D eigenvalue weighted by atomic mass is 10.2. The van der Waals surface area contributed by atoms with E-state index < -0.39 is 0 Å². The SMILES string of the molecule is CCC(C)N1CC2CC1CO2. The maximum Gasteiger partial charge on any atom is 0.0718 e. The first-order valence-electron chi connectivity index (χ1n) is 4.68. The van der Waals surface area contributed by atoms with Gasteiger partial charge in [0.1, 0.15) is 0 Å². The molecular weight excluding hydrogens is 138 g/mol. The third-order valence-electron chi connectivity index (χ3n) is 3.10. The number of hydrogen-bond acceptors (Lipinski definition) is 2. The maximum absolute atomic E-state index is 5.54. The van der Waals surface area contributed by atoms with E-state index in [4.69, 9.17) is 4.74 Å². The van der Waals surface area contributed by atoms with Crippen molar-refractivity contribution in [2.75, 3.05) is 13.2 Å². The summed E-state index contributed by atoms with van der Waals surface area (Å²) in [6.07, 6.45) is 3.11. The van der Waals surface area contributed by atoms with E-state index in [1.807, 2.05) is 0 Å². The molecule has 0 aliphatic carbocycles. The van der Waals surface area contributed by atoms with Gasteiger partial charge in [-0.05, 0) is 19.8 Å². The second-order valence-corrected chi connectivity index (χ2v) is 3.80. The summed E-state index contributed by atoms with van der Waals surface area (Å²) in [5.74, 6) is 0. The number of hydrogen-bond donors (Lipinski definition) is 0. The molecule has 2 nitrogen and oxygen atoms in total. The minimum Gasteiger partial charge on any atom is -0.375 e. The van der Waals surface area contributed by atoms with Crippen LogP contribution in [0.5, 0.6) is 0 Å². The predicted molar refractivity (Wildman–Crippen MR) is 44.6 cm³/mol. The Balaban J connectivity index is 1.96. The molecule has 2 heteroatoms. The van der Waals surface area contributed by atoms with E-state index in [2.05, 4.69) is 18.7 Å². The Morgan fingerprint density at radius 3 is 2.91 bits per heavy atom. The van der Waals surface area contributed by atoms with Gasteiger partial charge >= 0.3 is 0 Å². The molecule has 0 aromatic rings. The monoisotopic (exact) mass is 155 g/mol. The smallest absolute Gasteiger partial charge is 0.0718 e. The molecule has 0 spiro atoms. The summed E-state index contributed by atoms with van der Waals surface area (Å²) in [4.78, 5) is 2.61. The van der Waals surface area contributed by atoms with E-state index in [-0.39, 0.29) is 0 Å². The summed E-state index contributed by atoms with van der Waals surface area (Å²) in [5.41, 5.74) is 0. The quantitative estimate of drug-likeness (QED) is 0.595. The summed E-state index contributed by atoms with van der Waals surface area (Å²) in [5, 5.41) is 0. The largest absolute Gasteiger partial charge is 0.375 e. The fraction of sp³-hybridized carbons (Fsp3) is 1.00. The summed E-state index contributed by atoms with van der Waals surface area (Å²) in [7, 11) is 0. The fourth-order valence-electron chi connectivity index (χ4n) is 2.20. The van der Waals surface area contributed by atoms with E-state index in [1.165, 1.54) is 19.4 Å². The van der Waals surface area contributed by atoms with Gasteiger partial charge in [-0.1, -0.05) is 6.92 Å². The van der Waals surface area contributed by atoms with Crippen LogP contribution < -0.4 is 0 Å². The predicted octanol–water partition coefficient (Wildman–Crippen LogP) is 1.26. The minimum atomic E-state index is 0.564. The number of likely N-dealkylation sites (tertiary alicyclic amines) is 1. The molecule has 2 bridgehead atoms. The Morgan fingerprint density at radius 1 is 1.64 bits per heavy atom. The van der Waals surface area contributed by atoms with Gasteiger partial charge in [0.2, 0.25) is 0 Å². The molecule has 2 aliphatic rings. The van der Waals surface area contributed by atoms with Gasteiger partial charge in [0, 0.05) is 18.6 Å². The Labute approximate surface area is 68.5 Å². The van der Waals surface area contributed by atoms with Crippen LogP contribution in [-0.4, -0.2) is 36.2 Å². The van der Waals surface area contributed by atoms with Gasteiger partial charge in [-0.15, -0.1) is 0 Å². The van der Waals surface area contributed by atoms with Crippen LogP contribution >= 0.6 is 0 Å². The van der Waals surface area contributed by atoms with E-state index in [0.717, 1.165) is 18.7 Å². The highest BCUT2D eigenvalue weighted by molar-refractivity contribution is 4.93. The molecule has 3 atom stereocenters. The molecule has 2 saturated heterocycles. The highest BCUT2D eigenvalue weighted by Gasteiger charge is 2.40. The molecule has 2 aliphatic heterocycles. The number of fused-ring (bicyclic) bond motifs is 2. The van der Waals surface area contributed by atoms with E-state index in [9.17, 15) is 0 Å². The highest BCUT2D eigenvalue weighted by atomic mass is 16.5. The van der Waals surface area contributed by atoms with Crippen LogP contribution in [0.2, 0.25) is 0 Å². The molecule has 11 heavy (non-hydrogen) atoms. The van der Waals surface area contributed by atoms with Crippen LogP contribution in [0.3, 0.4) is 0 Å². The molecule has 3 unspecified atom stereocenters. The van der Waals surface area contributed by atoms with Crippen molar-refractivity contribution in [3.8, 4) is 0 Å². The van der Waals surface area contributed by atoms with Gasteiger partial charge < -0.3 is 4.74 Å². The first kappa shape index (κ1) is 7.56. The molecule has 2 fully saturated rings. The number of morpholine rings is 1. The van der Waals surface area contributed by atoms with Crippen molar-refractivity contribution in [1.82, 2.24) is 4.90 Å². The average Bonchev–Trinajstić information content (AvgIpc) is 2.62. The van der Waals surface area contributed by atoms with Crippen molar-refractivity contribution in [2.24, 2.45) is 0 Å². The Kier molecular flexibility index (Phi) is 1.90. The lowest BCUT2D eigenvalue weighted by Crippen LogP contribution is -2.42. The zero-order valence-corrected chi connectivity index (χ0v) is 7.42. The average molecular weight is 155 g/mol. The van der Waals surface area contributed by atoms with Crippen LogP contribution in [0, 0.1) is 0 Å². The minimum absolute atomic E-state index is 0.564. The lowest BCUT2D eigenvalue weighted by Gasteiger charge is -2.31. The van der Waals surface area contributed by atoms with Gasteiger partial charge in [0.05, 0.1) is 12.7 Å². The normalized spacial score (nSPS) is 39.8. The molecule has 0 amide bonds. The van der Waals surface area contributed by atoms with Crippen molar-refractivity contribution >= 4 is 0 Å². The second kappa shape index (κ2) is 2.76. The zero-order valence-electron chi connectivity index (χ0n) is 7.42. The number of nitrogens with zero attached hydrogens (tertiary/aromatic N) is 1. The fourth-order valence-corrected chi connectivity index (χ4v) is 2.20. The topological polar surface area (TPSA) is 12.5 Å². The number of ether oxygens (including phenoxy) is 1. The third-order valence-corrected chi connectivity index (χ3v) is 3.10. The van der Waals surface area contributed by atoms with Gasteiger partial charge in [-0.2, -0.15) is 0 Å². The molecule has 0 aromatic carbocycles. The van der Waals surface area contributed by atoms with Gasteiger partial charge in [-0.3, -0.25) is 4.90 Å². The molecular formula is C9H17NO. The summed E-state index contributed by atoms with van der Waals surface area (Å²) in [6.45, 7) is 6.74. The third kappa shape index (κ3) is 1.18. The van der Waals surface area contributed by atoms with E-state index >= 15 is 0 Å². The second-order valence-electron chi connectivity index (χ2n) is 3.80. The Hall–Kier alpha value is -0.0800. The summed E-state index contributed by atoms with van der Waals surface area (Å²) >= 11 is 0. The molecule has 0 N–H and O–H groups in total. The standard InChI is InChI=1S/C9H17NO/c1-3-7(2)10-5-9-4-8(10)6-11-9/h7-9H,3-6H2,1-2H3. The maximum atomic E-state index is 5.54. The first-order chi connectivity index (χ1) is 5.31. The number of rotatable bonds is 2. The highest BCUT2D eigenvalue weighted by Crippen LogP contribution is 2.29. The molecule has 2 heterocycles. The molecule has 2 rings (SSSR count). The summed E-state index contributed by atoms with van der Waals surface area (Å²) < 4.78 is 5.54. The van der Waals surface area contributed by atoms with Crippen LogP contribution in [0.15, 0.2) is 0 Å². The first-order valence-corrected chi connectivity index (χ1v) is 4.68. The van der Waals surface area contributed by atoms with Crippen molar-refractivity contribution in [1.29, 1.82) is 0 Å². The van der Waals surface area contributed by atoms with Crippen molar-refractivity contribution in [3.63, 3.8) is 0 Å². The Bertz CT molecular complexity index is 148. The van der Waals surface area contributed by atoms with E-state index in [0.29, 0.717) is 6.10 Å². The zero-order chi connectivity index (χ0) is 7.84. The summed E-state index contributed by atoms with van der Waals surface area (Å²) in [6, 6.07) is 1.50. The molecule has 0 aromatic heterocycles. The van der Waals surface area contributed by atoms with Crippen LogP contribution in [0.1, 0.15) is 26.7 Å². The van der Waals surface area contributed by atoms with Crippen molar-refractivity contribution in [3.05, 3.63) is 0 Å². The van der Waals surface area contributed by atoms with Gasteiger partial charge in [0.15, 0.2) is 0 Å². The van der Waals surface area contributed by atoms with Crippen LogP contribution in [-0.2, 0) is 4.74 Å². The van der Waals surface area contributed by atoms with Crippen molar-refractivity contribution in [2.45, 2.75) is 44.9 Å². The van der Waals surface area contributed by atoms with Crippen LogP contribution in [0.4, 0.5) is 0 Å². The molecule has 0 radical (unpaired) electrons. The van der Waals surface area contributed by atoms with Gasteiger partial charge in [0.25, 0.3) is 0 Å². The lowest BCUT2D eigenvalue weighted by molar-refractivity contribution is 0.0141. The van der Waals surface area contributed by atoms with Gasteiger partial charge in [-0.25, -0.2) is 0 Å². The molecule has 0 saturated carbocycles. The van der Waals surface area contributed by atoms with Crippen molar-refractivity contribution < 1.29 is 4.74 Å². The van der Waals surface area contributed by atoms with E-state index in [1.54, 1.807) is 0 Å². The molecule has 64 valence electrons. The van der Waals surface area contributed by atoms with Crippen LogP contribution in [0.25, 0.3) is 0 Å².